The van der Waals surface area contributed by atoms with E-state index in [9.17, 15) is 14.7 Å². The van der Waals surface area contributed by atoms with Crippen LogP contribution in [0, 0.1) is 0 Å². The molecule has 0 aliphatic carbocycles. The van der Waals surface area contributed by atoms with Crippen molar-refractivity contribution in [2.45, 2.75) is 0 Å². The number of carbonyl (C=O) groups is 2. The fraction of sp³-hybridized carbons (Fsp3) is 0. The van der Waals surface area contributed by atoms with Gasteiger partial charge in [0.2, 0.25) is 0 Å². The second kappa shape index (κ2) is 11.1. The molecule has 15 heavy (non-hydrogen) atoms. The number of hydrogen-bond donors (Lipinski definition) is 2. The molecule has 4 N–H and O–H groups in total. The maximum Gasteiger partial charge on any atom is 3.00 e. The summed E-state index contributed by atoms with van der Waals surface area (Å²) in [6.45, 7) is 0. The quantitative estimate of drug-likeness (QED) is 0.221. The van der Waals surface area contributed by atoms with Crippen LogP contribution >= 0.6 is 0 Å². The molecule has 0 aliphatic rings. The van der Waals surface area contributed by atoms with Gasteiger partial charge in [-0.1, -0.05) is 0 Å². The maximum atomic E-state index is 9.53. The molecule has 84 valence electrons. The minimum absolute atomic E-state index is 0. The molecule has 0 saturated carbocycles. The predicted octanol–water partition coefficient (Wildman–Crippen LogP) is -3.18. The van der Waals surface area contributed by atoms with Crippen molar-refractivity contribution >= 4 is 39.7 Å². The van der Waals surface area contributed by atoms with Crippen LogP contribution in [0.15, 0.2) is 12.2 Å². The van der Waals surface area contributed by atoms with Crippen LogP contribution in [0.2, 0.25) is 0 Å². The summed E-state index contributed by atoms with van der Waals surface area (Å²) in [7, 11) is -5.17. The van der Waals surface area contributed by atoms with Gasteiger partial charge in [-0.05, 0) is 6.08 Å². The third kappa shape index (κ3) is 97.3. The van der Waals surface area contributed by atoms with Crippen LogP contribution in [-0.4, -0.2) is 51.9 Å². The Labute approximate surface area is 95.7 Å². The number of hydrogen-bond acceptors (Lipinski definition) is 8. The van der Waals surface area contributed by atoms with Gasteiger partial charge in [-0.2, -0.15) is 0 Å². The third-order valence-corrected chi connectivity index (χ3v) is 0.362. The van der Waals surface area contributed by atoms with Gasteiger partial charge in [-0.25, -0.2) is 4.79 Å². The summed E-state index contributed by atoms with van der Waals surface area (Å²) in [5.41, 5.74) is 0. The largest absolute Gasteiger partial charge is 3.00 e. The van der Waals surface area contributed by atoms with Gasteiger partial charge in [0.25, 0.3) is 0 Å². The Morgan fingerprint density at radius 3 is 1.47 bits per heavy atom. The summed E-state index contributed by atoms with van der Waals surface area (Å²) in [5.74, 6) is -2.80. The van der Waals surface area contributed by atoms with E-state index in [1.165, 1.54) is 0 Å². The second-order valence-electron chi connectivity index (χ2n) is 1.40. The maximum absolute atomic E-state index is 9.53. The Kier molecular flexibility index (Phi) is 17.6. The van der Waals surface area contributed by atoms with Gasteiger partial charge >= 0.3 is 23.3 Å². The molecule has 0 spiro atoms. The van der Waals surface area contributed by atoms with Crippen LogP contribution in [0.5, 0.6) is 0 Å². The second-order valence-corrected chi connectivity index (χ2v) is 2.22. The standard InChI is InChI=1S/C4H4O4.Al.H3N.H2O4S/c5-3(6)1-2-4(7)8;;;1-5(2,3)4/h1-2H,(H,5,6)(H,7,8);;1H3;(H2,1,2,3,4)/q;+3;;/p-3/b2-1-;;;. The number of aliphatic carboxylic acids is 2. The van der Waals surface area contributed by atoms with E-state index in [0.29, 0.717) is 12.2 Å². The van der Waals surface area contributed by atoms with Gasteiger partial charge in [0.05, 0.1) is 5.97 Å². The predicted molar refractivity (Wildman–Crippen MR) is 43.0 cm³/mol. The molecular formula is C4H6AlNO8S. The van der Waals surface area contributed by atoms with E-state index >= 15 is 0 Å². The minimum atomic E-state index is -5.17. The summed E-state index contributed by atoms with van der Waals surface area (Å²) >= 11 is 0. The van der Waals surface area contributed by atoms with Gasteiger partial charge in [-0.3, -0.25) is 8.42 Å². The Morgan fingerprint density at radius 2 is 1.40 bits per heavy atom. The van der Waals surface area contributed by atoms with Crippen molar-refractivity contribution in [3.63, 3.8) is 0 Å². The zero-order valence-corrected chi connectivity index (χ0v) is 9.12. The molecule has 0 saturated heterocycles. The molecule has 0 aromatic carbocycles. The van der Waals surface area contributed by atoms with E-state index in [2.05, 4.69) is 0 Å². The first-order chi connectivity index (χ1) is 5.63. The molecule has 0 bridgehead atoms. The Balaban J connectivity index is -0.0000000770. The van der Waals surface area contributed by atoms with Crippen molar-refractivity contribution in [3.8, 4) is 0 Å². The number of carboxylic acids is 2. The van der Waals surface area contributed by atoms with Gasteiger partial charge in [-0.15, -0.1) is 0 Å². The van der Waals surface area contributed by atoms with E-state index < -0.39 is 22.3 Å². The molecule has 0 amide bonds. The summed E-state index contributed by atoms with van der Waals surface area (Å²) < 4.78 is 34.1. The number of carboxylic acid groups (broad SMARTS) is 2. The zero-order chi connectivity index (χ0) is 11.1. The van der Waals surface area contributed by atoms with Crippen LogP contribution < -0.4 is 11.3 Å². The third-order valence-electron chi connectivity index (χ3n) is 0.362. The zero-order valence-electron chi connectivity index (χ0n) is 7.15. The van der Waals surface area contributed by atoms with Crippen LogP contribution in [0.25, 0.3) is 0 Å². The average molecular weight is 255 g/mol. The molecule has 0 unspecified atom stereocenters. The molecule has 11 heteroatoms. The van der Waals surface area contributed by atoms with Gasteiger partial charge in [0.1, 0.15) is 0 Å². The van der Waals surface area contributed by atoms with Crippen molar-refractivity contribution in [3.05, 3.63) is 12.2 Å². The van der Waals surface area contributed by atoms with Gasteiger partial charge < -0.3 is 30.3 Å². The van der Waals surface area contributed by atoms with E-state index in [0.717, 1.165) is 0 Å². The van der Waals surface area contributed by atoms with Gasteiger partial charge in [0, 0.05) is 16.5 Å². The van der Waals surface area contributed by atoms with Crippen molar-refractivity contribution < 1.29 is 37.3 Å². The fourth-order valence-electron chi connectivity index (χ4n) is 0.139. The first-order valence-corrected chi connectivity index (χ1v) is 3.75. The fourth-order valence-corrected chi connectivity index (χ4v) is 0.139. The first kappa shape index (κ1) is 23.7. The molecule has 0 atom stereocenters. The van der Waals surface area contributed by atoms with E-state index in [1.54, 1.807) is 0 Å². The van der Waals surface area contributed by atoms with Crippen molar-refractivity contribution in [1.29, 1.82) is 0 Å². The molecule has 0 aliphatic heterocycles. The van der Waals surface area contributed by atoms with Crippen LogP contribution in [0.1, 0.15) is 0 Å². The molecule has 9 nitrogen and oxygen atoms in total. The molecule has 0 fully saturated rings. The first-order valence-electron chi connectivity index (χ1n) is 2.41. The molecule has 0 radical (unpaired) electrons. The SMILES string of the molecule is N.O=C([O-])/C=C\C(=O)O.O=S(=O)([O-])[O-].[Al+3]. The number of rotatable bonds is 2. The molecule has 0 rings (SSSR count). The van der Waals surface area contributed by atoms with E-state index in [1.807, 2.05) is 0 Å². The Hall–Kier alpha value is -0.958. The van der Waals surface area contributed by atoms with Crippen molar-refractivity contribution in [2.24, 2.45) is 0 Å². The van der Waals surface area contributed by atoms with Crippen molar-refractivity contribution in [1.82, 2.24) is 6.15 Å². The summed E-state index contributed by atoms with van der Waals surface area (Å²) in [6.07, 6.45) is 0.942. The van der Waals surface area contributed by atoms with Crippen LogP contribution in [0.3, 0.4) is 0 Å². The summed E-state index contributed by atoms with van der Waals surface area (Å²) in [4.78, 5) is 19.0. The summed E-state index contributed by atoms with van der Waals surface area (Å²) in [6, 6.07) is 0. The van der Waals surface area contributed by atoms with Crippen molar-refractivity contribution in [2.75, 3.05) is 0 Å². The minimum Gasteiger partial charge on any atom is -0.759 e. The number of carbonyl (C=O) groups excluding carboxylic acids is 1. The average Bonchev–Trinajstić information content (AvgIpc) is 1.79. The van der Waals surface area contributed by atoms with Crippen LogP contribution in [-0.2, 0) is 20.0 Å². The Morgan fingerprint density at radius 1 is 1.13 bits per heavy atom. The molecule has 0 aromatic rings. The topological polar surface area (TPSA) is 193 Å². The van der Waals surface area contributed by atoms with E-state index in [-0.39, 0.29) is 23.5 Å². The van der Waals surface area contributed by atoms with Gasteiger partial charge in [0.15, 0.2) is 0 Å². The Bertz CT molecular complexity index is 285. The molecule has 0 heterocycles. The van der Waals surface area contributed by atoms with E-state index in [4.69, 9.17) is 22.6 Å². The van der Waals surface area contributed by atoms with Crippen LogP contribution in [0.4, 0.5) is 0 Å². The smallest absolute Gasteiger partial charge is 0.759 e. The normalized spacial score (nSPS) is 8.93. The monoisotopic (exact) mass is 255 g/mol. The summed E-state index contributed by atoms with van der Waals surface area (Å²) in [5, 5.41) is 17.2. The molecule has 0 aromatic heterocycles. The molecular weight excluding hydrogens is 249 g/mol.